The van der Waals surface area contributed by atoms with Gasteiger partial charge in [-0.3, -0.25) is 4.57 Å². The summed E-state index contributed by atoms with van der Waals surface area (Å²) in [6.45, 7) is 6.25. The van der Waals surface area contributed by atoms with E-state index in [9.17, 15) is 4.57 Å². The number of rotatable bonds is 15. The third kappa shape index (κ3) is 9.60. The molecule has 0 fully saturated rings. The van der Waals surface area contributed by atoms with Crippen LogP contribution in [0.4, 0.5) is 0 Å². The number of halogens is 1. The zero-order chi connectivity index (χ0) is 25.0. The van der Waals surface area contributed by atoms with Crippen molar-refractivity contribution >= 4 is 31.2 Å². The Bertz CT molecular complexity index is 1080. The number of ether oxygens (including phenoxy) is 2. The molecule has 0 aliphatic rings. The van der Waals surface area contributed by atoms with Crippen LogP contribution < -0.4 is 14.8 Å². The van der Waals surface area contributed by atoms with Gasteiger partial charge in [0.05, 0.1) is 24.3 Å². The molecule has 0 aliphatic carbocycles. The van der Waals surface area contributed by atoms with Gasteiger partial charge in [0.15, 0.2) is 0 Å². The first-order valence-corrected chi connectivity index (χ1v) is 14.3. The van der Waals surface area contributed by atoms with Crippen molar-refractivity contribution in [3.63, 3.8) is 0 Å². The molecule has 1 aromatic heterocycles. The maximum atomic E-state index is 10.6. The van der Waals surface area contributed by atoms with Crippen LogP contribution in [-0.4, -0.2) is 30.8 Å². The quantitative estimate of drug-likeness (QED) is 0.165. The van der Waals surface area contributed by atoms with E-state index in [1.165, 1.54) is 0 Å². The summed E-state index contributed by atoms with van der Waals surface area (Å²) in [5, 5.41) is 6.05. The van der Waals surface area contributed by atoms with Crippen LogP contribution in [0.1, 0.15) is 37.8 Å². The Morgan fingerprint density at radius 2 is 1.86 bits per heavy atom. The van der Waals surface area contributed by atoms with Gasteiger partial charge in [0.25, 0.3) is 0 Å². The summed E-state index contributed by atoms with van der Waals surface area (Å²) in [6.07, 6.45) is 2.50. The van der Waals surface area contributed by atoms with E-state index in [-0.39, 0.29) is 12.7 Å². The van der Waals surface area contributed by atoms with E-state index in [0.29, 0.717) is 36.9 Å². The van der Waals surface area contributed by atoms with Crippen LogP contribution in [0.5, 0.6) is 11.5 Å². The average molecular weight is 538 g/mol. The minimum atomic E-state index is -2.84. The largest absolute Gasteiger partial charge is 0.493 e. The molecule has 3 rings (SSSR count). The van der Waals surface area contributed by atoms with Gasteiger partial charge in [-0.15, -0.1) is 11.3 Å². The van der Waals surface area contributed by atoms with Gasteiger partial charge in [-0.1, -0.05) is 29.8 Å². The van der Waals surface area contributed by atoms with Crippen molar-refractivity contribution in [2.45, 2.75) is 45.8 Å². The molecule has 3 aromatic rings. The third-order valence-corrected chi connectivity index (χ3v) is 6.76. The molecule has 9 heteroatoms. The highest BCUT2D eigenvalue weighted by molar-refractivity contribution is 7.32. The predicted octanol–water partition coefficient (Wildman–Crippen LogP) is 6.75. The van der Waals surface area contributed by atoms with E-state index in [1.54, 1.807) is 11.3 Å². The lowest BCUT2D eigenvalue weighted by molar-refractivity contribution is 0.242. The number of hydrogen-bond donors (Lipinski definition) is 2. The van der Waals surface area contributed by atoms with Crippen molar-refractivity contribution < 1.29 is 23.5 Å². The number of aryl methyl sites for hydroxylation is 1. The highest BCUT2D eigenvalue weighted by Gasteiger charge is 2.10. The van der Waals surface area contributed by atoms with Gasteiger partial charge in [-0.2, -0.15) is 0 Å². The van der Waals surface area contributed by atoms with Gasteiger partial charge in [0.1, 0.15) is 11.5 Å². The van der Waals surface area contributed by atoms with E-state index in [2.05, 4.69) is 35.0 Å². The number of benzene rings is 2. The smallest absolute Gasteiger partial charge is 0.316 e. The fraction of sp³-hybridized carbons (Fsp3) is 0.385. The third-order valence-electron chi connectivity index (χ3n) is 5.11. The zero-order valence-electron chi connectivity index (χ0n) is 20.1. The molecule has 1 atom stereocenters. The number of hydrogen-bond acceptors (Lipinski definition) is 6. The van der Waals surface area contributed by atoms with Crippen molar-refractivity contribution in [1.29, 1.82) is 0 Å². The Morgan fingerprint density at radius 3 is 2.57 bits per heavy atom. The second-order valence-corrected chi connectivity index (χ2v) is 10.5. The molecule has 0 spiro atoms. The maximum absolute atomic E-state index is 10.6. The Balaban J connectivity index is 1.53. The summed E-state index contributed by atoms with van der Waals surface area (Å²) in [6, 6.07) is 16.3. The minimum absolute atomic E-state index is 0.0895. The second kappa shape index (κ2) is 14.6. The molecule has 0 saturated carbocycles. The first-order chi connectivity index (χ1) is 16.9. The molecular weight excluding hydrogens is 505 g/mol. The normalized spacial score (nSPS) is 12.1. The van der Waals surface area contributed by atoms with Crippen molar-refractivity contribution in [3.05, 3.63) is 70.1 Å². The van der Waals surface area contributed by atoms with Crippen molar-refractivity contribution in [2.75, 3.05) is 19.8 Å². The highest BCUT2D eigenvalue weighted by atomic mass is 35.5. The summed E-state index contributed by atoms with van der Waals surface area (Å²) in [5.41, 5.74) is 3.39. The van der Waals surface area contributed by atoms with E-state index >= 15 is 0 Å². The molecule has 0 aliphatic heterocycles. The van der Waals surface area contributed by atoms with Crippen LogP contribution in [0.25, 0.3) is 10.4 Å². The second-order valence-electron chi connectivity index (χ2n) is 8.34. The van der Waals surface area contributed by atoms with Crippen LogP contribution in [-0.2, 0) is 22.1 Å². The Hall–Kier alpha value is -1.86. The van der Waals surface area contributed by atoms with E-state index in [4.69, 9.17) is 30.5 Å². The van der Waals surface area contributed by atoms with Gasteiger partial charge in [0.2, 0.25) is 0 Å². The molecule has 0 saturated heterocycles. The van der Waals surface area contributed by atoms with Gasteiger partial charge in [-0.05, 0) is 86.5 Å². The van der Waals surface area contributed by atoms with E-state index in [0.717, 1.165) is 40.2 Å². The van der Waals surface area contributed by atoms with E-state index in [1.807, 2.05) is 38.1 Å². The fourth-order valence-corrected chi connectivity index (χ4v) is 4.85. The summed E-state index contributed by atoms with van der Waals surface area (Å²) < 4.78 is 27.2. The fourth-order valence-electron chi connectivity index (χ4n) is 3.53. The predicted molar refractivity (Wildman–Crippen MR) is 144 cm³/mol. The van der Waals surface area contributed by atoms with Crippen LogP contribution in [0.2, 0.25) is 5.02 Å². The van der Waals surface area contributed by atoms with Crippen molar-refractivity contribution in [1.82, 2.24) is 5.32 Å². The number of thiophene rings is 1. The van der Waals surface area contributed by atoms with Gasteiger partial charge in [0, 0.05) is 17.0 Å². The van der Waals surface area contributed by atoms with Crippen molar-refractivity contribution in [3.8, 4) is 21.9 Å². The summed E-state index contributed by atoms with van der Waals surface area (Å²) in [4.78, 5) is 9.86. The zero-order valence-corrected chi connectivity index (χ0v) is 22.7. The lowest BCUT2D eigenvalue weighted by Gasteiger charge is -2.14. The first kappa shape index (κ1) is 27.7. The highest BCUT2D eigenvalue weighted by Crippen LogP contribution is 2.34. The Morgan fingerprint density at radius 1 is 1.06 bits per heavy atom. The molecule has 2 N–H and O–H groups in total. The summed E-state index contributed by atoms with van der Waals surface area (Å²) in [7, 11) is -2.84. The van der Waals surface area contributed by atoms with Gasteiger partial charge in [-0.25, -0.2) is 0 Å². The maximum Gasteiger partial charge on any atom is 0.316 e. The van der Waals surface area contributed by atoms with E-state index < -0.39 is 8.25 Å². The minimum Gasteiger partial charge on any atom is -0.493 e. The van der Waals surface area contributed by atoms with Gasteiger partial charge < -0.3 is 24.2 Å². The van der Waals surface area contributed by atoms with Crippen molar-refractivity contribution in [2.24, 2.45) is 0 Å². The molecule has 0 radical (unpaired) electrons. The molecule has 0 bridgehead atoms. The molecule has 2 aromatic carbocycles. The van der Waals surface area contributed by atoms with Crippen LogP contribution in [0, 0.1) is 0 Å². The number of nitrogens with one attached hydrogen (secondary N) is 1. The topological polar surface area (TPSA) is 77.0 Å². The molecule has 35 heavy (non-hydrogen) atoms. The molecule has 0 amide bonds. The Labute approximate surface area is 217 Å². The lowest BCUT2D eigenvalue weighted by Crippen LogP contribution is -2.16. The lowest BCUT2D eigenvalue weighted by atomic mass is 10.1. The average Bonchev–Trinajstić information content (AvgIpc) is 3.35. The SMILES string of the molecule is CC(C)Oc1ccc(CCCOc2ccc(CNCCCO[PH](=O)O)cc2-c2cccs2)cc1Cl. The molecule has 6 nitrogen and oxygen atoms in total. The summed E-state index contributed by atoms with van der Waals surface area (Å²) in [5.74, 6) is 1.59. The standard InChI is InChI=1S/C26H33ClNO5PS/c1-19(2)33-25-11-8-20(17-23(25)27)6-3-13-31-24-10-9-21(16-22(24)26-7-4-15-35-26)18-28-12-5-14-32-34(29)30/h4,7-11,15-17,19,28,34H,3,5-6,12-14,18H2,1-2H3,(H,29,30). The van der Waals surface area contributed by atoms with Crippen LogP contribution in [0.15, 0.2) is 53.9 Å². The molecule has 1 unspecified atom stereocenters. The summed E-state index contributed by atoms with van der Waals surface area (Å²) >= 11 is 8.05. The van der Waals surface area contributed by atoms with Crippen LogP contribution >= 0.6 is 31.2 Å². The van der Waals surface area contributed by atoms with Crippen LogP contribution in [0.3, 0.4) is 0 Å². The Kier molecular flexibility index (Phi) is 11.6. The van der Waals surface area contributed by atoms with Gasteiger partial charge >= 0.3 is 8.25 Å². The molecular formula is C26H33ClNO5PS. The monoisotopic (exact) mass is 537 g/mol. The first-order valence-electron chi connectivity index (χ1n) is 11.7. The molecule has 1 heterocycles. The molecule has 190 valence electrons.